The van der Waals surface area contributed by atoms with Gasteiger partial charge in [0.2, 0.25) is 6.79 Å². The van der Waals surface area contributed by atoms with E-state index in [-0.39, 0.29) is 25.7 Å². The average molecular weight is 453 g/mol. The van der Waals surface area contributed by atoms with Crippen molar-refractivity contribution in [2.75, 3.05) is 13.4 Å². The van der Waals surface area contributed by atoms with Crippen molar-refractivity contribution in [1.82, 2.24) is 4.57 Å². The van der Waals surface area contributed by atoms with Gasteiger partial charge in [-0.25, -0.2) is 0 Å². The lowest BCUT2D eigenvalue weighted by molar-refractivity contribution is -0.143. The van der Waals surface area contributed by atoms with E-state index in [1.54, 1.807) is 29.7 Å². The first kappa shape index (κ1) is 17.8. The molecule has 0 aliphatic carbocycles. The van der Waals surface area contributed by atoms with Gasteiger partial charge in [0.1, 0.15) is 6.54 Å². The minimum absolute atomic E-state index is 0.0819. The summed E-state index contributed by atoms with van der Waals surface area (Å²) < 4.78 is 24.0. The molecule has 10 heteroatoms. The zero-order valence-electron chi connectivity index (χ0n) is 14.1. The van der Waals surface area contributed by atoms with Crippen molar-refractivity contribution >= 4 is 49.4 Å². The molecule has 3 aromatic rings. The second-order valence-electron chi connectivity index (χ2n) is 5.47. The summed E-state index contributed by atoms with van der Waals surface area (Å²) in [6.45, 7) is 2.06. The number of carbonyl (C=O) groups is 2. The number of amides is 1. The van der Waals surface area contributed by atoms with Crippen LogP contribution in [0.5, 0.6) is 11.5 Å². The smallest absolute Gasteiger partial charge is 0.326 e. The van der Waals surface area contributed by atoms with Crippen molar-refractivity contribution in [3.63, 3.8) is 0 Å². The van der Waals surface area contributed by atoms with Crippen LogP contribution in [0.4, 0.5) is 0 Å². The summed E-state index contributed by atoms with van der Waals surface area (Å²) in [5.74, 6) is 0.302. The van der Waals surface area contributed by atoms with Crippen molar-refractivity contribution in [1.29, 1.82) is 0 Å². The molecular weight excluding hydrogens is 440 g/mol. The molecule has 0 bridgehead atoms. The normalized spacial score (nSPS) is 13.3. The molecule has 0 radical (unpaired) electrons. The number of hydrogen-bond donors (Lipinski definition) is 0. The van der Waals surface area contributed by atoms with Gasteiger partial charge in [-0.3, -0.25) is 9.59 Å². The molecule has 3 heterocycles. The number of ether oxygens (including phenoxy) is 3. The number of halogens is 1. The van der Waals surface area contributed by atoms with Crippen molar-refractivity contribution in [3.05, 3.63) is 39.5 Å². The monoisotopic (exact) mass is 452 g/mol. The maximum Gasteiger partial charge on any atom is 0.326 e. The van der Waals surface area contributed by atoms with E-state index in [2.05, 4.69) is 20.9 Å². The highest BCUT2D eigenvalue weighted by Crippen LogP contribution is 2.37. The van der Waals surface area contributed by atoms with Crippen molar-refractivity contribution in [3.8, 4) is 11.5 Å². The highest BCUT2D eigenvalue weighted by atomic mass is 79.9. The average Bonchev–Trinajstić information content (AvgIpc) is 3.33. The molecule has 27 heavy (non-hydrogen) atoms. The molecule has 0 spiro atoms. The maximum absolute atomic E-state index is 12.4. The van der Waals surface area contributed by atoms with Gasteiger partial charge in [0, 0.05) is 12.1 Å². The maximum atomic E-state index is 12.4. The number of rotatable bonds is 4. The molecule has 1 aliphatic heterocycles. The Morgan fingerprint density at radius 1 is 1.30 bits per heavy atom. The number of thiazole rings is 1. The van der Waals surface area contributed by atoms with Crippen LogP contribution in [-0.4, -0.2) is 29.8 Å². The fourth-order valence-electron chi connectivity index (χ4n) is 2.60. The van der Waals surface area contributed by atoms with Gasteiger partial charge in [0.05, 0.1) is 16.8 Å². The molecule has 0 atom stereocenters. The predicted octanol–water partition coefficient (Wildman–Crippen LogP) is 3.09. The van der Waals surface area contributed by atoms with Gasteiger partial charge in [-0.2, -0.15) is 4.99 Å². The lowest BCUT2D eigenvalue weighted by Crippen LogP contribution is -2.23. The molecule has 1 aromatic carbocycles. The van der Waals surface area contributed by atoms with E-state index in [0.717, 1.165) is 4.70 Å². The predicted molar refractivity (Wildman–Crippen MR) is 98.9 cm³/mol. The number of benzene rings is 1. The minimum Gasteiger partial charge on any atom is -0.465 e. The molecule has 0 unspecified atom stereocenters. The fourth-order valence-corrected chi connectivity index (χ4v) is 3.95. The Kier molecular flexibility index (Phi) is 4.75. The van der Waals surface area contributed by atoms with Crippen LogP contribution in [0.1, 0.15) is 17.5 Å². The third-order valence-corrected chi connectivity index (χ3v) is 5.22. The summed E-state index contributed by atoms with van der Waals surface area (Å²) in [6, 6.07) is 6.70. The van der Waals surface area contributed by atoms with E-state index in [9.17, 15) is 9.59 Å². The zero-order valence-corrected chi connectivity index (χ0v) is 16.5. The summed E-state index contributed by atoms with van der Waals surface area (Å²) in [7, 11) is 0. The van der Waals surface area contributed by atoms with Crippen LogP contribution < -0.4 is 14.3 Å². The Bertz CT molecular complexity index is 1110. The number of esters is 1. The molecule has 0 N–H and O–H groups in total. The van der Waals surface area contributed by atoms with Crippen LogP contribution in [0.3, 0.4) is 0 Å². The number of nitrogens with zero attached hydrogens (tertiary/aromatic N) is 2. The number of aromatic nitrogens is 1. The van der Waals surface area contributed by atoms with Gasteiger partial charge in [0.15, 0.2) is 26.7 Å². The zero-order chi connectivity index (χ0) is 19.0. The summed E-state index contributed by atoms with van der Waals surface area (Å²) in [6.07, 6.45) is 0. The first-order valence-electron chi connectivity index (χ1n) is 7.98. The van der Waals surface area contributed by atoms with Gasteiger partial charge in [-0.05, 0) is 35.0 Å². The molecule has 140 valence electrons. The van der Waals surface area contributed by atoms with Crippen LogP contribution in [0.15, 0.2) is 38.3 Å². The number of furan rings is 1. The van der Waals surface area contributed by atoms with Crippen LogP contribution in [0, 0.1) is 0 Å². The van der Waals surface area contributed by atoms with E-state index >= 15 is 0 Å². The number of carbonyl (C=O) groups excluding carboxylic acids is 2. The van der Waals surface area contributed by atoms with Gasteiger partial charge in [0.25, 0.3) is 0 Å². The Morgan fingerprint density at radius 3 is 2.78 bits per heavy atom. The van der Waals surface area contributed by atoms with E-state index in [1.807, 2.05) is 0 Å². The highest BCUT2D eigenvalue weighted by Gasteiger charge is 2.20. The van der Waals surface area contributed by atoms with Crippen molar-refractivity contribution < 1.29 is 28.2 Å². The molecule has 4 rings (SSSR count). The molecule has 0 saturated heterocycles. The second-order valence-corrected chi connectivity index (χ2v) is 7.26. The lowest BCUT2D eigenvalue weighted by atomic mass is 10.3. The molecule has 0 fully saturated rings. The topological polar surface area (TPSA) is 92.3 Å². The quantitative estimate of drug-likeness (QED) is 0.564. The minimum atomic E-state index is -0.551. The molecule has 1 aliphatic rings. The van der Waals surface area contributed by atoms with Gasteiger partial charge in [-0.1, -0.05) is 11.3 Å². The third kappa shape index (κ3) is 3.50. The van der Waals surface area contributed by atoms with Crippen molar-refractivity contribution in [2.45, 2.75) is 13.5 Å². The van der Waals surface area contributed by atoms with E-state index in [0.29, 0.717) is 26.5 Å². The van der Waals surface area contributed by atoms with E-state index < -0.39 is 11.9 Å². The number of fused-ring (bicyclic) bond motifs is 2. The largest absolute Gasteiger partial charge is 0.465 e. The molecule has 8 nitrogen and oxygen atoms in total. The Labute approximate surface area is 165 Å². The molecule has 0 saturated carbocycles. The van der Waals surface area contributed by atoms with Gasteiger partial charge >= 0.3 is 11.9 Å². The van der Waals surface area contributed by atoms with Crippen molar-refractivity contribution in [2.24, 2.45) is 4.99 Å². The van der Waals surface area contributed by atoms with Gasteiger partial charge in [-0.15, -0.1) is 0 Å². The third-order valence-electron chi connectivity index (χ3n) is 3.75. The molecule has 2 aromatic heterocycles. The van der Waals surface area contributed by atoms with Crippen LogP contribution >= 0.6 is 27.3 Å². The summed E-state index contributed by atoms with van der Waals surface area (Å²) >= 11 is 4.42. The molecular formula is C17H13BrN2O6S. The van der Waals surface area contributed by atoms with Crippen LogP contribution in [-0.2, 0) is 16.1 Å². The van der Waals surface area contributed by atoms with Gasteiger partial charge < -0.3 is 23.2 Å². The second kappa shape index (κ2) is 7.20. The highest BCUT2D eigenvalue weighted by molar-refractivity contribution is 9.10. The first-order valence-corrected chi connectivity index (χ1v) is 9.59. The van der Waals surface area contributed by atoms with Crippen LogP contribution in [0.25, 0.3) is 10.2 Å². The lowest BCUT2D eigenvalue weighted by Gasteiger charge is -2.05. The summed E-state index contributed by atoms with van der Waals surface area (Å²) in [4.78, 5) is 29.0. The number of hydrogen-bond acceptors (Lipinski definition) is 7. The van der Waals surface area contributed by atoms with E-state index in [4.69, 9.17) is 18.6 Å². The summed E-state index contributed by atoms with van der Waals surface area (Å²) in [5, 5.41) is 0. The first-order chi connectivity index (χ1) is 13.0. The fraction of sp³-hybridized carbons (Fsp3) is 0.235. The Morgan fingerprint density at radius 2 is 2.07 bits per heavy atom. The SMILES string of the molecule is CCOC(=O)Cn1c(=NC(=O)c2ccc(Br)o2)sc2cc3c(cc21)OCO3. The summed E-state index contributed by atoms with van der Waals surface area (Å²) in [5.41, 5.74) is 0.699. The standard InChI is InChI=1S/C17H13BrN2O6S/c1-2-23-15(21)7-20-9-5-11-12(25-8-24-11)6-13(9)27-17(20)19-16(22)10-3-4-14(18)26-10/h3-6H,2,7-8H2,1H3. The van der Waals surface area contributed by atoms with E-state index in [1.165, 1.54) is 17.4 Å². The Balaban J connectivity index is 1.84. The van der Waals surface area contributed by atoms with Crippen LogP contribution in [0.2, 0.25) is 0 Å². The Hall–Kier alpha value is -2.59. The molecule has 1 amide bonds.